The number of rotatable bonds is 2. The molecular weight excluding hydrogens is 350 g/mol. The molecule has 0 spiro atoms. The van der Waals surface area contributed by atoms with E-state index in [9.17, 15) is 0 Å². The van der Waals surface area contributed by atoms with Crippen LogP contribution in [0.2, 0.25) is 0 Å². The van der Waals surface area contributed by atoms with Crippen LogP contribution in [0.15, 0.2) is 34.9 Å². The molecule has 1 saturated heterocycles. The molecule has 3 aliphatic rings. The Kier molecular flexibility index (Phi) is 7.04. The summed E-state index contributed by atoms with van der Waals surface area (Å²) in [5, 5.41) is 8.50. The SMILES string of the molecule is CC1=C(c2ccc(C)cc2)NN=CC1C1CCC(C)C1.CC1CSC(C)N1. The number of allylic oxidation sites excluding steroid dienone is 1. The zero-order valence-corrected chi connectivity index (χ0v) is 18.3. The first kappa shape index (κ1) is 20.5. The largest absolute Gasteiger partial charge is 0.302 e. The first-order valence-electron chi connectivity index (χ1n) is 10.4. The zero-order valence-electron chi connectivity index (χ0n) is 17.5. The molecule has 5 atom stereocenters. The third-order valence-electron chi connectivity index (χ3n) is 6.00. The van der Waals surface area contributed by atoms with Crippen molar-refractivity contribution in [3.05, 3.63) is 41.0 Å². The van der Waals surface area contributed by atoms with E-state index in [1.54, 1.807) is 0 Å². The highest BCUT2D eigenvalue weighted by Gasteiger charge is 2.31. The van der Waals surface area contributed by atoms with Gasteiger partial charge in [0.05, 0.1) is 11.1 Å². The summed E-state index contributed by atoms with van der Waals surface area (Å²) < 4.78 is 0. The van der Waals surface area contributed by atoms with Crippen molar-refractivity contribution in [2.24, 2.45) is 22.9 Å². The van der Waals surface area contributed by atoms with Crippen LogP contribution in [0.1, 0.15) is 58.1 Å². The number of hydrogen-bond acceptors (Lipinski definition) is 4. The van der Waals surface area contributed by atoms with Crippen LogP contribution in [0.5, 0.6) is 0 Å². The van der Waals surface area contributed by atoms with E-state index in [0.717, 1.165) is 17.9 Å². The Bertz CT molecular complexity index is 671. The molecule has 4 rings (SSSR count). The molecular formula is C23H35N3S. The molecule has 148 valence electrons. The van der Waals surface area contributed by atoms with E-state index in [4.69, 9.17) is 0 Å². The number of thioether (sulfide) groups is 1. The fourth-order valence-corrected chi connectivity index (χ4v) is 5.40. The summed E-state index contributed by atoms with van der Waals surface area (Å²) >= 11 is 1.99. The van der Waals surface area contributed by atoms with Crippen molar-refractivity contribution >= 4 is 23.7 Å². The number of nitrogens with one attached hydrogen (secondary N) is 2. The third kappa shape index (κ3) is 5.39. The number of benzene rings is 1. The van der Waals surface area contributed by atoms with Crippen LogP contribution < -0.4 is 10.7 Å². The van der Waals surface area contributed by atoms with Crippen LogP contribution in [-0.4, -0.2) is 23.4 Å². The second kappa shape index (κ2) is 9.29. The Labute approximate surface area is 169 Å². The molecule has 1 aromatic rings. The smallest absolute Gasteiger partial charge is 0.0629 e. The van der Waals surface area contributed by atoms with Crippen molar-refractivity contribution in [2.75, 3.05) is 5.75 Å². The van der Waals surface area contributed by atoms with Gasteiger partial charge < -0.3 is 5.32 Å². The van der Waals surface area contributed by atoms with Crippen LogP contribution in [-0.2, 0) is 0 Å². The first-order valence-corrected chi connectivity index (χ1v) is 11.4. The number of nitrogens with zero attached hydrogens (tertiary/aromatic N) is 1. The van der Waals surface area contributed by atoms with Gasteiger partial charge in [0, 0.05) is 23.9 Å². The molecule has 27 heavy (non-hydrogen) atoms. The Hall–Kier alpha value is -1.26. The predicted molar refractivity (Wildman–Crippen MR) is 120 cm³/mol. The summed E-state index contributed by atoms with van der Waals surface area (Å²) in [6, 6.07) is 9.46. The van der Waals surface area contributed by atoms with Gasteiger partial charge in [0.1, 0.15) is 0 Å². The normalized spacial score (nSPS) is 32.9. The van der Waals surface area contributed by atoms with E-state index >= 15 is 0 Å². The molecule has 0 amide bonds. The van der Waals surface area contributed by atoms with Crippen LogP contribution in [0.4, 0.5) is 0 Å². The monoisotopic (exact) mass is 385 g/mol. The van der Waals surface area contributed by atoms with Crippen LogP contribution in [0.3, 0.4) is 0 Å². The van der Waals surface area contributed by atoms with Crippen LogP contribution >= 0.6 is 11.8 Å². The summed E-state index contributed by atoms with van der Waals surface area (Å²) in [6.45, 7) is 11.2. The highest BCUT2D eigenvalue weighted by molar-refractivity contribution is 8.00. The average molecular weight is 386 g/mol. The number of hydrazone groups is 1. The lowest BCUT2D eigenvalue weighted by molar-refractivity contribution is 0.454. The van der Waals surface area contributed by atoms with E-state index in [0.29, 0.717) is 11.3 Å². The standard InChI is InChI=1S/C18H24N2.C5H11NS/c1-12-4-7-15(8-5-12)18-14(3)17(11-19-20-18)16-9-6-13(2)10-16;1-4-3-7-5(2)6-4/h4-5,7-8,11,13,16-17,20H,6,9-10H2,1-3H3;4-6H,3H2,1-2H3. The topological polar surface area (TPSA) is 36.4 Å². The van der Waals surface area contributed by atoms with Gasteiger partial charge in [-0.15, -0.1) is 11.8 Å². The molecule has 2 fully saturated rings. The third-order valence-corrected chi connectivity index (χ3v) is 7.33. The van der Waals surface area contributed by atoms with Gasteiger partial charge in [-0.2, -0.15) is 5.10 Å². The van der Waals surface area contributed by atoms with Gasteiger partial charge in [0.2, 0.25) is 0 Å². The summed E-state index contributed by atoms with van der Waals surface area (Å²) in [7, 11) is 0. The number of hydrogen-bond donors (Lipinski definition) is 2. The minimum absolute atomic E-state index is 0.512. The maximum atomic E-state index is 4.43. The molecule has 1 aliphatic carbocycles. The number of aryl methyl sites for hydroxylation is 1. The summed E-state index contributed by atoms with van der Waals surface area (Å²) in [6.07, 6.45) is 6.18. The maximum absolute atomic E-state index is 4.43. The second-order valence-corrected chi connectivity index (χ2v) is 9.94. The minimum Gasteiger partial charge on any atom is -0.302 e. The Balaban J connectivity index is 0.000000253. The minimum atomic E-state index is 0.512. The Morgan fingerprint density at radius 3 is 2.30 bits per heavy atom. The van der Waals surface area contributed by atoms with Crippen molar-refractivity contribution in [3.63, 3.8) is 0 Å². The van der Waals surface area contributed by atoms with Crippen LogP contribution in [0, 0.1) is 24.7 Å². The van der Waals surface area contributed by atoms with Crippen molar-refractivity contribution in [1.82, 2.24) is 10.7 Å². The highest BCUT2D eigenvalue weighted by atomic mass is 32.2. The van der Waals surface area contributed by atoms with Crippen molar-refractivity contribution < 1.29 is 0 Å². The van der Waals surface area contributed by atoms with Gasteiger partial charge in [0.15, 0.2) is 0 Å². The molecule has 2 heterocycles. The summed E-state index contributed by atoms with van der Waals surface area (Å²) in [5.41, 5.74) is 8.42. The molecule has 0 bridgehead atoms. The van der Waals surface area contributed by atoms with Gasteiger partial charge in [-0.05, 0) is 63.5 Å². The van der Waals surface area contributed by atoms with Gasteiger partial charge in [0.25, 0.3) is 0 Å². The lowest BCUT2D eigenvalue weighted by Gasteiger charge is -2.27. The van der Waals surface area contributed by atoms with Gasteiger partial charge >= 0.3 is 0 Å². The lowest BCUT2D eigenvalue weighted by atomic mass is 9.83. The molecule has 0 radical (unpaired) electrons. The molecule has 2 N–H and O–H groups in total. The molecule has 4 heteroatoms. The fourth-order valence-electron chi connectivity index (χ4n) is 4.40. The summed E-state index contributed by atoms with van der Waals surface area (Å²) in [4.78, 5) is 0. The van der Waals surface area contributed by atoms with Gasteiger partial charge in [-0.1, -0.05) is 43.2 Å². The molecule has 3 nitrogen and oxygen atoms in total. The van der Waals surface area contributed by atoms with Gasteiger partial charge in [-0.3, -0.25) is 5.43 Å². The summed E-state index contributed by atoms with van der Waals surface area (Å²) in [5.74, 6) is 3.44. The van der Waals surface area contributed by atoms with E-state index in [2.05, 4.69) is 80.9 Å². The van der Waals surface area contributed by atoms with E-state index in [1.165, 1.54) is 47.4 Å². The van der Waals surface area contributed by atoms with Crippen molar-refractivity contribution in [1.29, 1.82) is 0 Å². The predicted octanol–water partition coefficient (Wildman–Crippen LogP) is 5.42. The molecule has 1 aromatic carbocycles. The maximum Gasteiger partial charge on any atom is 0.0629 e. The van der Waals surface area contributed by atoms with Crippen molar-refractivity contribution in [2.45, 2.75) is 65.3 Å². The second-order valence-electron chi connectivity index (χ2n) is 8.56. The fraction of sp³-hybridized carbons (Fsp3) is 0.609. The quantitative estimate of drug-likeness (QED) is 0.713. The lowest BCUT2D eigenvalue weighted by Crippen LogP contribution is -2.24. The van der Waals surface area contributed by atoms with E-state index < -0.39 is 0 Å². The molecule has 2 aliphatic heterocycles. The zero-order chi connectivity index (χ0) is 19.4. The molecule has 5 unspecified atom stereocenters. The Morgan fingerprint density at radius 2 is 1.78 bits per heavy atom. The van der Waals surface area contributed by atoms with Gasteiger partial charge in [-0.25, -0.2) is 0 Å². The first-order chi connectivity index (χ1) is 12.9. The van der Waals surface area contributed by atoms with Crippen molar-refractivity contribution in [3.8, 4) is 0 Å². The average Bonchev–Trinajstić information content (AvgIpc) is 3.24. The van der Waals surface area contributed by atoms with E-state index in [1.807, 2.05) is 11.8 Å². The molecule has 0 aromatic heterocycles. The van der Waals surface area contributed by atoms with Crippen LogP contribution in [0.25, 0.3) is 5.70 Å². The highest BCUT2D eigenvalue weighted by Crippen LogP contribution is 2.40. The Morgan fingerprint density at radius 1 is 1.04 bits per heavy atom. The van der Waals surface area contributed by atoms with E-state index in [-0.39, 0.29) is 0 Å². The molecule has 1 saturated carbocycles.